The fourth-order valence-electron chi connectivity index (χ4n) is 4.30. The summed E-state index contributed by atoms with van der Waals surface area (Å²) in [5.74, 6) is 0.537. The zero-order chi connectivity index (χ0) is 23.7. The van der Waals surface area contributed by atoms with Crippen LogP contribution in [-0.2, 0) is 9.59 Å². The highest BCUT2D eigenvalue weighted by Gasteiger charge is 2.27. The maximum atomic E-state index is 12.8. The standard InChI is InChI=1S/C28H44N2O3/c1-3-4-5-6-7-8-9-10-11-12-13-14-15-16-21-30-23-27(31)29-26(28(30)32)22-24-17-19-25(33-2)20-18-24/h17-20,22H,3-16,21,23H2,1-2H3,(H,29,31). The van der Waals surface area contributed by atoms with E-state index in [1.54, 1.807) is 18.1 Å². The number of unbranched alkanes of at least 4 members (excludes halogenated alkanes) is 13. The van der Waals surface area contributed by atoms with Crippen molar-refractivity contribution in [3.63, 3.8) is 0 Å². The Morgan fingerprint density at radius 3 is 1.85 bits per heavy atom. The van der Waals surface area contributed by atoms with Gasteiger partial charge in [0.25, 0.3) is 5.91 Å². The Kier molecular flexibility index (Phi) is 13.3. The highest BCUT2D eigenvalue weighted by Crippen LogP contribution is 2.17. The molecule has 1 fully saturated rings. The molecule has 33 heavy (non-hydrogen) atoms. The molecule has 0 saturated carbocycles. The number of carbonyl (C=O) groups is 2. The van der Waals surface area contributed by atoms with E-state index in [0.717, 1.165) is 24.2 Å². The summed E-state index contributed by atoms with van der Waals surface area (Å²) >= 11 is 0. The zero-order valence-electron chi connectivity index (χ0n) is 20.9. The Balaban J connectivity index is 1.57. The Morgan fingerprint density at radius 2 is 1.33 bits per heavy atom. The Labute approximate surface area is 201 Å². The van der Waals surface area contributed by atoms with Crippen LogP contribution in [0.5, 0.6) is 5.75 Å². The van der Waals surface area contributed by atoms with E-state index in [1.807, 2.05) is 24.3 Å². The number of nitrogens with zero attached hydrogens (tertiary/aromatic N) is 1. The third kappa shape index (κ3) is 10.9. The molecule has 1 heterocycles. The molecule has 2 rings (SSSR count). The summed E-state index contributed by atoms with van der Waals surface area (Å²) in [6.07, 6.45) is 20.0. The maximum Gasteiger partial charge on any atom is 0.270 e. The molecule has 184 valence electrons. The third-order valence-electron chi connectivity index (χ3n) is 6.33. The van der Waals surface area contributed by atoms with Crippen molar-refractivity contribution < 1.29 is 14.3 Å². The molecule has 1 aliphatic rings. The predicted molar refractivity (Wildman–Crippen MR) is 136 cm³/mol. The van der Waals surface area contributed by atoms with Gasteiger partial charge in [-0.15, -0.1) is 0 Å². The minimum absolute atomic E-state index is 0.0971. The summed E-state index contributed by atoms with van der Waals surface area (Å²) < 4.78 is 5.16. The molecular weight excluding hydrogens is 412 g/mol. The van der Waals surface area contributed by atoms with Crippen LogP contribution in [0.1, 0.15) is 102 Å². The summed E-state index contributed by atoms with van der Waals surface area (Å²) in [5, 5.41) is 2.72. The van der Waals surface area contributed by atoms with E-state index in [2.05, 4.69) is 12.2 Å². The van der Waals surface area contributed by atoms with Crippen LogP contribution in [0.3, 0.4) is 0 Å². The maximum absolute atomic E-state index is 12.8. The summed E-state index contributed by atoms with van der Waals surface area (Å²) in [6, 6.07) is 7.43. The fourth-order valence-corrected chi connectivity index (χ4v) is 4.30. The molecule has 0 bridgehead atoms. The lowest BCUT2D eigenvalue weighted by atomic mass is 10.0. The molecule has 0 unspecified atom stereocenters. The second-order valence-electron chi connectivity index (χ2n) is 9.20. The van der Waals surface area contributed by atoms with E-state index in [9.17, 15) is 9.59 Å². The van der Waals surface area contributed by atoms with E-state index >= 15 is 0 Å². The number of methoxy groups -OCH3 is 1. The van der Waals surface area contributed by atoms with Crippen molar-refractivity contribution >= 4 is 17.9 Å². The molecule has 2 amide bonds. The van der Waals surface area contributed by atoms with Gasteiger partial charge >= 0.3 is 0 Å². The van der Waals surface area contributed by atoms with Crippen LogP contribution in [0.2, 0.25) is 0 Å². The number of hydrogen-bond acceptors (Lipinski definition) is 3. The van der Waals surface area contributed by atoms with Crippen molar-refractivity contribution in [2.45, 2.75) is 96.8 Å². The SMILES string of the molecule is CCCCCCCCCCCCCCCCN1CC(=O)NC(=Cc2ccc(OC)cc2)C1=O. The Bertz CT molecular complexity index is 727. The molecule has 1 aromatic rings. The van der Waals surface area contributed by atoms with Gasteiger partial charge in [0, 0.05) is 6.54 Å². The summed E-state index contributed by atoms with van der Waals surface area (Å²) in [5.41, 5.74) is 1.21. The topological polar surface area (TPSA) is 58.6 Å². The number of nitrogens with one attached hydrogen (secondary N) is 1. The van der Waals surface area contributed by atoms with Crippen LogP contribution in [0, 0.1) is 0 Å². The number of benzene rings is 1. The van der Waals surface area contributed by atoms with Crippen LogP contribution < -0.4 is 10.1 Å². The van der Waals surface area contributed by atoms with Gasteiger partial charge in [0.2, 0.25) is 5.91 Å². The molecule has 0 spiro atoms. The van der Waals surface area contributed by atoms with Crippen LogP contribution in [-0.4, -0.2) is 36.9 Å². The zero-order valence-corrected chi connectivity index (χ0v) is 20.9. The highest BCUT2D eigenvalue weighted by molar-refractivity contribution is 6.05. The summed E-state index contributed by atoms with van der Waals surface area (Å²) in [4.78, 5) is 26.6. The Morgan fingerprint density at radius 1 is 0.818 bits per heavy atom. The van der Waals surface area contributed by atoms with Gasteiger partial charge in [-0.2, -0.15) is 0 Å². The first-order valence-electron chi connectivity index (χ1n) is 13.1. The van der Waals surface area contributed by atoms with Crippen molar-refractivity contribution in [3.05, 3.63) is 35.5 Å². The number of carbonyl (C=O) groups excluding carboxylic acids is 2. The Hall–Kier alpha value is -2.30. The first kappa shape index (κ1) is 26.9. The van der Waals surface area contributed by atoms with Gasteiger partial charge in [-0.05, 0) is 30.2 Å². The number of rotatable bonds is 17. The lowest BCUT2D eigenvalue weighted by Crippen LogP contribution is -2.50. The number of piperazine rings is 1. The van der Waals surface area contributed by atoms with Crippen molar-refractivity contribution in [1.29, 1.82) is 0 Å². The minimum Gasteiger partial charge on any atom is -0.497 e. The lowest BCUT2D eigenvalue weighted by molar-refractivity contribution is -0.137. The van der Waals surface area contributed by atoms with Gasteiger partial charge < -0.3 is 15.0 Å². The molecule has 0 aliphatic carbocycles. The van der Waals surface area contributed by atoms with Crippen molar-refractivity contribution in [3.8, 4) is 5.75 Å². The van der Waals surface area contributed by atoms with E-state index in [0.29, 0.717) is 12.2 Å². The highest BCUT2D eigenvalue weighted by atomic mass is 16.5. The molecule has 1 saturated heterocycles. The smallest absolute Gasteiger partial charge is 0.270 e. The molecule has 1 aliphatic heterocycles. The van der Waals surface area contributed by atoms with Crippen molar-refractivity contribution in [1.82, 2.24) is 10.2 Å². The molecule has 0 aromatic heterocycles. The second kappa shape index (κ2) is 16.3. The first-order chi connectivity index (χ1) is 16.1. The summed E-state index contributed by atoms with van der Waals surface area (Å²) in [7, 11) is 1.62. The van der Waals surface area contributed by atoms with Gasteiger partial charge in [-0.3, -0.25) is 9.59 Å². The van der Waals surface area contributed by atoms with Gasteiger partial charge in [0.05, 0.1) is 7.11 Å². The largest absolute Gasteiger partial charge is 0.497 e. The fraction of sp³-hybridized carbons (Fsp3) is 0.643. The van der Waals surface area contributed by atoms with Crippen LogP contribution in [0.4, 0.5) is 0 Å². The second-order valence-corrected chi connectivity index (χ2v) is 9.20. The van der Waals surface area contributed by atoms with Gasteiger partial charge in [-0.1, -0.05) is 103 Å². The average Bonchev–Trinajstić information content (AvgIpc) is 2.82. The van der Waals surface area contributed by atoms with Crippen LogP contribution in [0.15, 0.2) is 30.0 Å². The van der Waals surface area contributed by atoms with Gasteiger partial charge in [0.15, 0.2) is 0 Å². The average molecular weight is 457 g/mol. The predicted octanol–water partition coefficient (Wildman–Crippen LogP) is 6.48. The molecule has 5 nitrogen and oxygen atoms in total. The molecule has 0 atom stereocenters. The van der Waals surface area contributed by atoms with E-state index < -0.39 is 0 Å². The molecule has 0 radical (unpaired) electrons. The van der Waals surface area contributed by atoms with E-state index in [-0.39, 0.29) is 18.4 Å². The molecular formula is C28H44N2O3. The summed E-state index contributed by atoms with van der Waals surface area (Å²) in [6.45, 7) is 3.06. The molecule has 1 N–H and O–H groups in total. The van der Waals surface area contributed by atoms with E-state index in [4.69, 9.17) is 4.74 Å². The quantitative estimate of drug-likeness (QED) is 0.216. The number of hydrogen-bond donors (Lipinski definition) is 1. The van der Waals surface area contributed by atoms with Gasteiger partial charge in [-0.25, -0.2) is 0 Å². The monoisotopic (exact) mass is 456 g/mol. The lowest BCUT2D eigenvalue weighted by Gasteiger charge is -2.28. The molecule has 5 heteroatoms. The van der Waals surface area contributed by atoms with Crippen molar-refractivity contribution in [2.75, 3.05) is 20.2 Å². The first-order valence-corrected chi connectivity index (χ1v) is 13.1. The minimum atomic E-state index is -0.125. The third-order valence-corrected chi connectivity index (χ3v) is 6.33. The van der Waals surface area contributed by atoms with Crippen LogP contribution in [0.25, 0.3) is 6.08 Å². The van der Waals surface area contributed by atoms with E-state index in [1.165, 1.54) is 77.0 Å². The number of ether oxygens (including phenoxy) is 1. The number of amides is 2. The molecule has 1 aromatic carbocycles. The normalized spacial score (nSPS) is 15.2. The van der Waals surface area contributed by atoms with Crippen LogP contribution >= 0.6 is 0 Å². The van der Waals surface area contributed by atoms with Gasteiger partial charge in [0.1, 0.15) is 18.0 Å². The van der Waals surface area contributed by atoms with Crippen molar-refractivity contribution in [2.24, 2.45) is 0 Å².